The van der Waals surface area contributed by atoms with Crippen molar-refractivity contribution < 1.29 is 9.21 Å². The van der Waals surface area contributed by atoms with Gasteiger partial charge in [0.25, 0.3) is 0 Å². The second-order valence-corrected chi connectivity index (χ2v) is 4.15. The summed E-state index contributed by atoms with van der Waals surface area (Å²) in [6.45, 7) is 1.91. The van der Waals surface area contributed by atoms with Crippen molar-refractivity contribution in [1.29, 1.82) is 0 Å². The van der Waals surface area contributed by atoms with E-state index in [1.54, 1.807) is 12.1 Å². The summed E-state index contributed by atoms with van der Waals surface area (Å²) < 4.78 is 5.41. The molecule has 2 N–H and O–H groups in total. The highest BCUT2D eigenvalue weighted by molar-refractivity contribution is 5.92. The Morgan fingerprint density at radius 1 is 1.05 bits per heavy atom. The van der Waals surface area contributed by atoms with Gasteiger partial charge in [-0.15, -0.1) is 0 Å². The van der Waals surface area contributed by atoms with Crippen LogP contribution < -0.4 is 5.73 Å². The molecule has 1 aromatic heterocycles. The molecule has 96 valence electrons. The second-order valence-electron chi connectivity index (χ2n) is 4.15. The summed E-state index contributed by atoms with van der Waals surface area (Å²) in [6, 6.07) is 11.0. The van der Waals surface area contributed by atoms with Crippen molar-refractivity contribution in [1.82, 2.24) is 0 Å². The summed E-state index contributed by atoms with van der Waals surface area (Å²) in [7, 11) is 0. The molecule has 0 bridgehead atoms. The van der Waals surface area contributed by atoms with E-state index < -0.39 is 5.91 Å². The zero-order valence-corrected chi connectivity index (χ0v) is 10.7. The predicted octanol–water partition coefficient (Wildman–Crippen LogP) is 3.41. The minimum Gasteiger partial charge on any atom is -0.462 e. The van der Waals surface area contributed by atoms with Gasteiger partial charge in [-0.1, -0.05) is 30.4 Å². The number of nitrogens with two attached hydrogens (primary N) is 1. The number of allylic oxidation sites excluding steroid dienone is 2. The molecule has 0 saturated carbocycles. The van der Waals surface area contributed by atoms with Crippen LogP contribution in [0.1, 0.15) is 27.4 Å². The first kappa shape index (κ1) is 12.9. The van der Waals surface area contributed by atoms with Crippen LogP contribution in [0.25, 0.3) is 12.2 Å². The predicted molar refractivity (Wildman–Crippen MR) is 76.5 cm³/mol. The third kappa shape index (κ3) is 3.71. The first-order valence-corrected chi connectivity index (χ1v) is 5.96. The maximum atomic E-state index is 10.9. The Morgan fingerprint density at radius 3 is 2.32 bits per heavy atom. The highest BCUT2D eigenvalue weighted by Crippen LogP contribution is 2.09. The molecule has 0 unspecified atom stereocenters. The second kappa shape index (κ2) is 5.87. The van der Waals surface area contributed by atoms with E-state index in [2.05, 4.69) is 0 Å². The minimum absolute atomic E-state index is 0.413. The lowest BCUT2D eigenvalue weighted by molar-refractivity contribution is 0.100. The number of carbonyl (C=O) groups is 1. The molecule has 1 aromatic carbocycles. The van der Waals surface area contributed by atoms with Gasteiger partial charge in [0.1, 0.15) is 11.5 Å². The number of hydrogen-bond acceptors (Lipinski definition) is 2. The fourth-order valence-electron chi connectivity index (χ4n) is 1.62. The van der Waals surface area contributed by atoms with Crippen LogP contribution in [0, 0.1) is 6.92 Å². The van der Waals surface area contributed by atoms with Gasteiger partial charge < -0.3 is 10.2 Å². The number of aryl methyl sites for hydroxylation is 1. The van der Waals surface area contributed by atoms with Crippen molar-refractivity contribution in [3.05, 3.63) is 71.2 Å². The quantitative estimate of drug-likeness (QED) is 0.849. The Balaban J connectivity index is 1.99. The normalized spacial score (nSPS) is 11.4. The first-order valence-electron chi connectivity index (χ1n) is 5.96. The van der Waals surface area contributed by atoms with Gasteiger partial charge in [-0.25, -0.2) is 0 Å². The lowest BCUT2D eigenvalue weighted by atomic mass is 10.1. The summed E-state index contributed by atoms with van der Waals surface area (Å²) in [5.41, 5.74) is 6.69. The van der Waals surface area contributed by atoms with Crippen LogP contribution in [0.15, 0.2) is 53.0 Å². The van der Waals surface area contributed by atoms with Crippen molar-refractivity contribution >= 4 is 18.1 Å². The Hall–Kier alpha value is -2.55. The van der Waals surface area contributed by atoms with E-state index in [9.17, 15) is 4.79 Å². The number of carbonyl (C=O) groups excluding carboxylic acids is 1. The van der Waals surface area contributed by atoms with Crippen LogP contribution in [0.2, 0.25) is 0 Å². The van der Waals surface area contributed by atoms with Gasteiger partial charge in [-0.3, -0.25) is 4.79 Å². The third-order valence-electron chi connectivity index (χ3n) is 2.62. The molecule has 0 radical (unpaired) electrons. The Bertz CT molecular complexity index is 618. The van der Waals surface area contributed by atoms with E-state index in [-0.39, 0.29) is 0 Å². The molecule has 3 nitrogen and oxygen atoms in total. The Labute approximate surface area is 112 Å². The maximum absolute atomic E-state index is 10.9. The third-order valence-corrected chi connectivity index (χ3v) is 2.62. The topological polar surface area (TPSA) is 56.2 Å². The van der Waals surface area contributed by atoms with E-state index in [4.69, 9.17) is 10.2 Å². The number of primary amides is 1. The summed E-state index contributed by atoms with van der Waals surface area (Å²) in [6.07, 6.45) is 7.65. The van der Waals surface area contributed by atoms with Crippen LogP contribution in [0.3, 0.4) is 0 Å². The highest BCUT2D eigenvalue weighted by atomic mass is 16.3. The zero-order chi connectivity index (χ0) is 13.7. The summed E-state index contributed by atoms with van der Waals surface area (Å²) in [5.74, 6) is 1.31. The van der Waals surface area contributed by atoms with Gasteiger partial charge in [0, 0.05) is 5.56 Å². The van der Waals surface area contributed by atoms with E-state index >= 15 is 0 Å². The van der Waals surface area contributed by atoms with Crippen LogP contribution in [-0.2, 0) is 0 Å². The molecule has 19 heavy (non-hydrogen) atoms. The molecule has 2 rings (SSSR count). The van der Waals surface area contributed by atoms with Gasteiger partial charge in [-0.2, -0.15) is 0 Å². The van der Waals surface area contributed by atoms with E-state index in [1.165, 1.54) is 0 Å². The van der Waals surface area contributed by atoms with Gasteiger partial charge in [0.15, 0.2) is 0 Å². The van der Waals surface area contributed by atoms with Crippen LogP contribution in [0.5, 0.6) is 0 Å². The molecular formula is C16H15NO2. The van der Waals surface area contributed by atoms with Crippen LogP contribution >= 0.6 is 0 Å². The molecule has 0 aliphatic carbocycles. The summed E-state index contributed by atoms with van der Waals surface area (Å²) >= 11 is 0. The fraction of sp³-hybridized carbons (Fsp3) is 0.0625. The molecule has 0 aliphatic rings. The van der Waals surface area contributed by atoms with E-state index in [0.717, 1.165) is 17.1 Å². The molecule has 3 heteroatoms. The Morgan fingerprint density at radius 2 is 1.74 bits per heavy atom. The number of benzene rings is 1. The molecule has 0 fully saturated rings. The van der Waals surface area contributed by atoms with E-state index in [0.29, 0.717) is 5.56 Å². The standard InChI is InChI=1S/C16H15NO2/c1-12-6-11-15(19-12)5-3-2-4-13-7-9-14(10-8-13)16(17)18/h2-11H,1H3,(H2,17,18)/b4-2+,5-3+. The lowest BCUT2D eigenvalue weighted by Gasteiger charge is -1.95. The summed E-state index contributed by atoms with van der Waals surface area (Å²) in [5, 5.41) is 0. The SMILES string of the molecule is Cc1ccc(/C=C/C=C/c2ccc(C(N)=O)cc2)o1. The van der Waals surface area contributed by atoms with Crippen LogP contribution in [0.4, 0.5) is 0 Å². The number of hydrogen-bond donors (Lipinski definition) is 1. The van der Waals surface area contributed by atoms with Gasteiger partial charge in [0.2, 0.25) is 5.91 Å². The number of furan rings is 1. The van der Waals surface area contributed by atoms with Crippen molar-refractivity contribution in [2.75, 3.05) is 0 Å². The average molecular weight is 253 g/mol. The fourth-order valence-corrected chi connectivity index (χ4v) is 1.62. The van der Waals surface area contributed by atoms with Gasteiger partial charge in [-0.05, 0) is 42.8 Å². The molecule has 1 heterocycles. The van der Waals surface area contributed by atoms with Crippen molar-refractivity contribution in [3.63, 3.8) is 0 Å². The molecule has 0 spiro atoms. The maximum Gasteiger partial charge on any atom is 0.248 e. The number of rotatable bonds is 4. The molecule has 2 aromatic rings. The van der Waals surface area contributed by atoms with Crippen molar-refractivity contribution in [2.45, 2.75) is 6.92 Å². The molecule has 0 saturated heterocycles. The lowest BCUT2D eigenvalue weighted by Crippen LogP contribution is -2.10. The van der Waals surface area contributed by atoms with Crippen molar-refractivity contribution in [3.8, 4) is 0 Å². The molecule has 1 amide bonds. The van der Waals surface area contributed by atoms with Crippen molar-refractivity contribution in [2.24, 2.45) is 5.73 Å². The van der Waals surface area contributed by atoms with Gasteiger partial charge >= 0.3 is 0 Å². The smallest absolute Gasteiger partial charge is 0.248 e. The summed E-state index contributed by atoms with van der Waals surface area (Å²) in [4.78, 5) is 10.9. The first-order chi connectivity index (χ1) is 9.15. The largest absolute Gasteiger partial charge is 0.462 e. The zero-order valence-electron chi connectivity index (χ0n) is 10.7. The monoisotopic (exact) mass is 253 g/mol. The van der Waals surface area contributed by atoms with E-state index in [1.807, 2.05) is 55.5 Å². The molecule has 0 aliphatic heterocycles. The highest BCUT2D eigenvalue weighted by Gasteiger charge is 1.97. The Kier molecular flexibility index (Phi) is 3.98. The van der Waals surface area contributed by atoms with Gasteiger partial charge in [0.05, 0.1) is 0 Å². The minimum atomic E-state index is -0.413. The number of amides is 1. The molecule has 0 atom stereocenters. The van der Waals surface area contributed by atoms with Crippen LogP contribution in [-0.4, -0.2) is 5.91 Å². The average Bonchev–Trinajstić information content (AvgIpc) is 2.81. The molecular weight excluding hydrogens is 238 g/mol.